The molecule has 2 aromatic carbocycles. The standard InChI is InChI=1S/C23H24N2O4/c26-22(24-11-13-29-14-12-24)20-16-25(21-9-2-1-8-19(20)21)10-4-6-17-5-3-7-18(15-17)23(27)28/h1-3,5,7-9,15-16H,4,6,10-14H2,(H,27,28). The Kier molecular flexibility index (Phi) is 5.62. The average Bonchev–Trinajstić information content (AvgIpc) is 3.13. The van der Waals surface area contributed by atoms with E-state index in [1.54, 1.807) is 18.2 Å². The number of para-hydroxylation sites is 1. The van der Waals surface area contributed by atoms with Gasteiger partial charge in [-0.05, 0) is 36.6 Å². The highest BCUT2D eigenvalue weighted by Gasteiger charge is 2.22. The number of nitrogens with zero attached hydrogens (tertiary/aromatic N) is 2. The van der Waals surface area contributed by atoms with Crippen molar-refractivity contribution in [3.63, 3.8) is 0 Å². The summed E-state index contributed by atoms with van der Waals surface area (Å²) in [5.41, 5.74) is 3.09. The molecule has 0 aliphatic carbocycles. The molecule has 1 aliphatic rings. The predicted octanol–water partition coefficient (Wildman–Crippen LogP) is 3.44. The summed E-state index contributed by atoms with van der Waals surface area (Å²) < 4.78 is 7.49. The van der Waals surface area contributed by atoms with E-state index in [0.717, 1.165) is 41.4 Å². The van der Waals surface area contributed by atoms with Crippen LogP contribution in [-0.2, 0) is 17.7 Å². The monoisotopic (exact) mass is 392 g/mol. The molecule has 0 unspecified atom stereocenters. The van der Waals surface area contributed by atoms with Crippen LogP contribution in [0.25, 0.3) is 10.9 Å². The summed E-state index contributed by atoms with van der Waals surface area (Å²) in [5, 5.41) is 10.1. The van der Waals surface area contributed by atoms with Crippen molar-refractivity contribution in [1.82, 2.24) is 9.47 Å². The van der Waals surface area contributed by atoms with Crippen molar-refractivity contribution in [2.45, 2.75) is 19.4 Å². The maximum absolute atomic E-state index is 13.0. The predicted molar refractivity (Wildman–Crippen MR) is 110 cm³/mol. The molecule has 6 heteroatoms. The fourth-order valence-corrected chi connectivity index (χ4v) is 3.85. The number of amides is 1. The number of carbonyl (C=O) groups excluding carboxylic acids is 1. The molecule has 0 saturated carbocycles. The van der Waals surface area contributed by atoms with Gasteiger partial charge in [-0.25, -0.2) is 4.79 Å². The van der Waals surface area contributed by atoms with Crippen molar-refractivity contribution in [2.75, 3.05) is 26.3 Å². The van der Waals surface area contributed by atoms with E-state index in [1.807, 2.05) is 41.4 Å². The summed E-state index contributed by atoms with van der Waals surface area (Å²) >= 11 is 0. The van der Waals surface area contributed by atoms with Crippen LogP contribution >= 0.6 is 0 Å². The van der Waals surface area contributed by atoms with Crippen LogP contribution in [0.15, 0.2) is 54.7 Å². The number of hydrogen-bond acceptors (Lipinski definition) is 3. The van der Waals surface area contributed by atoms with Crippen molar-refractivity contribution in [1.29, 1.82) is 0 Å². The smallest absolute Gasteiger partial charge is 0.335 e. The van der Waals surface area contributed by atoms with Gasteiger partial charge in [0, 0.05) is 36.7 Å². The van der Waals surface area contributed by atoms with Gasteiger partial charge < -0.3 is 19.3 Å². The van der Waals surface area contributed by atoms with Crippen molar-refractivity contribution in [3.8, 4) is 0 Å². The van der Waals surface area contributed by atoms with E-state index in [0.29, 0.717) is 31.9 Å². The molecule has 1 aromatic heterocycles. The third-order valence-corrected chi connectivity index (χ3v) is 5.36. The maximum Gasteiger partial charge on any atom is 0.335 e. The number of morpholine rings is 1. The molecule has 3 aromatic rings. The Labute approximate surface area is 169 Å². The number of aromatic nitrogens is 1. The second kappa shape index (κ2) is 8.49. The number of carboxylic acid groups (broad SMARTS) is 1. The largest absolute Gasteiger partial charge is 0.478 e. The summed E-state index contributed by atoms with van der Waals surface area (Å²) in [6.45, 7) is 3.17. The van der Waals surface area contributed by atoms with Crippen LogP contribution in [0.5, 0.6) is 0 Å². The van der Waals surface area contributed by atoms with Crippen molar-refractivity contribution < 1.29 is 19.4 Å². The number of fused-ring (bicyclic) bond motifs is 1. The van der Waals surface area contributed by atoms with Gasteiger partial charge in [0.25, 0.3) is 5.91 Å². The van der Waals surface area contributed by atoms with Crippen LogP contribution in [0.4, 0.5) is 0 Å². The minimum Gasteiger partial charge on any atom is -0.478 e. The normalized spacial score (nSPS) is 14.3. The van der Waals surface area contributed by atoms with Crippen molar-refractivity contribution in [3.05, 3.63) is 71.4 Å². The minimum atomic E-state index is -0.908. The zero-order valence-corrected chi connectivity index (χ0v) is 16.2. The van der Waals surface area contributed by atoms with Crippen LogP contribution in [-0.4, -0.2) is 52.8 Å². The van der Waals surface area contributed by atoms with Crippen molar-refractivity contribution >= 4 is 22.8 Å². The first-order valence-corrected chi connectivity index (χ1v) is 9.90. The molecule has 150 valence electrons. The molecule has 29 heavy (non-hydrogen) atoms. The molecule has 1 saturated heterocycles. The minimum absolute atomic E-state index is 0.0532. The van der Waals surface area contributed by atoms with E-state index in [1.165, 1.54) is 0 Å². The lowest BCUT2D eigenvalue weighted by molar-refractivity contribution is 0.0304. The highest BCUT2D eigenvalue weighted by molar-refractivity contribution is 6.07. The third-order valence-electron chi connectivity index (χ3n) is 5.36. The van der Waals surface area contributed by atoms with Gasteiger partial charge in [-0.15, -0.1) is 0 Å². The number of rotatable bonds is 6. The van der Waals surface area contributed by atoms with Crippen LogP contribution in [0, 0.1) is 0 Å². The number of ether oxygens (including phenoxy) is 1. The van der Waals surface area contributed by atoms with Gasteiger partial charge in [-0.3, -0.25) is 4.79 Å². The van der Waals surface area contributed by atoms with E-state index in [-0.39, 0.29) is 5.91 Å². The number of carbonyl (C=O) groups is 2. The molecule has 4 rings (SSSR count). The first kappa shape index (κ1) is 19.2. The zero-order valence-electron chi connectivity index (χ0n) is 16.2. The summed E-state index contributed by atoms with van der Waals surface area (Å²) in [6, 6.07) is 15.0. The van der Waals surface area contributed by atoms with Gasteiger partial charge in [0.1, 0.15) is 0 Å². The van der Waals surface area contributed by atoms with Crippen LogP contribution < -0.4 is 0 Å². The molecule has 0 spiro atoms. The first-order valence-electron chi connectivity index (χ1n) is 9.90. The molecule has 0 atom stereocenters. The lowest BCUT2D eigenvalue weighted by Crippen LogP contribution is -2.40. The molecule has 0 bridgehead atoms. The highest BCUT2D eigenvalue weighted by atomic mass is 16.5. The van der Waals surface area contributed by atoms with Gasteiger partial charge in [-0.2, -0.15) is 0 Å². The summed E-state index contributed by atoms with van der Waals surface area (Å²) in [7, 11) is 0. The van der Waals surface area contributed by atoms with Gasteiger partial charge >= 0.3 is 5.97 Å². The lowest BCUT2D eigenvalue weighted by Gasteiger charge is -2.26. The number of aryl methyl sites for hydroxylation is 2. The van der Waals surface area contributed by atoms with Gasteiger partial charge in [-0.1, -0.05) is 30.3 Å². The first-order chi connectivity index (χ1) is 14.1. The lowest BCUT2D eigenvalue weighted by atomic mass is 10.1. The Hall–Kier alpha value is -3.12. The SMILES string of the molecule is O=C(O)c1cccc(CCCn2cc(C(=O)N3CCOCC3)c3ccccc32)c1. The van der Waals surface area contributed by atoms with E-state index < -0.39 is 5.97 Å². The molecule has 1 amide bonds. The fraction of sp³-hybridized carbons (Fsp3) is 0.304. The van der Waals surface area contributed by atoms with Crippen molar-refractivity contribution in [2.24, 2.45) is 0 Å². The summed E-state index contributed by atoms with van der Waals surface area (Å²) in [5.74, 6) is -0.855. The van der Waals surface area contributed by atoms with Gasteiger partial charge in [0.15, 0.2) is 0 Å². The quantitative estimate of drug-likeness (QED) is 0.698. The van der Waals surface area contributed by atoms with E-state index >= 15 is 0 Å². The van der Waals surface area contributed by atoms with Crippen LogP contribution in [0.3, 0.4) is 0 Å². The Morgan fingerprint density at radius 2 is 1.83 bits per heavy atom. The molecular weight excluding hydrogens is 368 g/mol. The van der Waals surface area contributed by atoms with Crippen LogP contribution in [0.2, 0.25) is 0 Å². The number of carboxylic acids is 1. The van der Waals surface area contributed by atoms with Gasteiger partial charge in [0.05, 0.1) is 24.3 Å². The highest BCUT2D eigenvalue weighted by Crippen LogP contribution is 2.24. The third kappa shape index (κ3) is 4.17. The average molecular weight is 392 g/mol. The number of hydrogen-bond donors (Lipinski definition) is 1. The maximum atomic E-state index is 13.0. The van der Waals surface area contributed by atoms with Crippen LogP contribution in [0.1, 0.15) is 32.7 Å². The second-order valence-electron chi connectivity index (χ2n) is 7.27. The number of benzene rings is 2. The number of aromatic carboxylic acids is 1. The fourth-order valence-electron chi connectivity index (χ4n) is 3.85. The van der Waals surface area contributed by atoms with Gasteiger partial charge in [0.2, 0.25) is 0 Å². The molecular formula is C23H24N2O4. The Morgan fingerprint density at radius 1 is 1.03 bits per heavy atom. The Balaban J connectivity index is 1.51. The van der Waals surface area contributed by atoms with E-state index in [9.17, 15) is 9.59 Å². The second-order valence-corrected chi connectivity index (χ2v) is 7.27. The summed E-state index contributed by atoms with van der Waals surface area (Å²) in [4.78, 5) is 26.0. The summed E-state index contributed by atoms with van der Waals surface area (Å²) in [6.07, 6.45) is 3.59. The molecule has 6 nitrogen and oxygen atoms in total. The molecule has 1 aliphatic heterocycles. The van der Waals surface area contributed by atoms with E-state index in [4.69, 9.17) is 9.84 Å². The molecule has 1 N–H and O–H groups in total. The molecule has 1 fully saturated rings. The molecule has 0 radical (unpaired) electrons. The van der Waals surface area contributed by atoms with E-state index in [2.05, 4.69) is 4.57 Å². The zero-order chi connectivity index (χ0) is 20.2. The Bertz CT molecular complexity index is 1030. The topological polar surface area (TPSA) is 71.8 Å². The Morgan fingerprint density at radius 3 is 2.62 bits per heavy atom. The molecule has 2 heterocycles.